The molecule has 5 nitrogen and oxygen atoms in total. The number of hydrogen-bond acceptors (Lipinski definition) is 4. The van der Waals surface area contributed by atoms with Crippen LogP contribution in [0.3, 0.4) is 0 Å². The molecule has 1 N–H and O–H groups in total. The minimum atomic E-state index is -0.579. The third kappa shape index (κ3) is 6.46. The van der Waals surface area contributed by atoms with Crippen molar-refractivity contribution >= 4 is 0 Å². The summed E-state index contributed by atoms with van der Waals surface area (Å²) in [6, 6.07) is 16.3. The molecule has 1 aromatic carbocycles. The Kier molecular flexibility index (Phi) is 7.87. The first-order valence-corrected chi connectivity index (χ1v) is 9.95. The van der Waals surface area contributed by atoms with Crippen LogP contribution >= 0.6 is 0 Å². The van der Waals surface area contributed by atoms with Crippen molar-refractivity contribution in [3.05, 3.63) is 96.2 Å². The van der Waals surface area contributed by atoms with E-state index in [1.807, 2.05) is 18.2 Å². The minimum absolute atomic E-state index is 0.262. The van der Waals surface area contributed by atoms with Crippen molar-refractivity contribution < 1.29 is 14.3 Å². The van der Waals surface area contributed by atoms with Crippen LogP contribution in [0.2, 0.25) is 0 Å². The molecule has 0 aliphatic heterocycles. The lowest BCUT2D eigenvalue weighted by molar-refractivity contribution is 0.00532. The van der Waals surface area contributed by atoms with Crippen LogP contribution in [0.5, 0.6) is 0 Å². The van der Waals surface area contributed by atoms with Crippen molar-refractivity contribution in [3.8, 4) is 0 Å². The molecule has 0 fully saturated rings. The average Bonchev–Trinajstić information content (AvgIpc) is 3.36. The molecule has 0 amide bonds. The lowest BCUT2D eigenvalue weighted by Gasteiger charge is -2.24. The zero-order valence-corrected chi connectivity index (χ0v) is 17.0. The van der Waals surface area contributed by atoms with Crippen LogP contribution in [0.25, 0.3) is 0 Å². The number of aryl methyl sites for hydroxylation is 1. The van der Waals surface area contributed by atoms with E-state index >= 15 is 0 Å². The smallest absolute Gasteiger partial charge is 0.129 e. The maximum Gasteiger partial charge on any atom is 0.129 e. The zero-order valence-electron chi connectivity index (χ0n) is 17.0. The molecule has 0 saturated carbocycles. The number of aromatic nitrogens is 1. The maximum atomic E-state index is 10.4. The molecule has 0 aliphatic rings. The van der Waals surface area contributed by atoms with E-state index in [1.165, 1.54) is 16.8 Å². The first-order chi connectivity index (χ1) is 14.2. The standard InChI is InChI=1S/C24H30N2O3/c1-3-12-25(17-23(27)18-28-19-24-11-7-14-29-24)16-22-10-6-13-26(22)15-21-9-5-4-8-20(21)2/h3-11,13-14,23,27H,1,12,15-19H2,2H3/t23-/m1/s1. The van der Waals surface area contributed by atoms with Gasteiger partial charge in [-0.05, 0) is 42.3 Å². The predicted octanol–water partition coefficient (Wildman–Crippen LogP) is 4.00. The number of furan rings is 1. The highest BCUT2D eigenvalue weighted by Crippen LogP contribution is 2.14. The fraction of sp³-hybridized carbons (Fsp3) is 0.333. The van der Waals surface area contributed by atoms with Gasteiger partial charge in [-0.15, -0.1) is 6.58 Å². The second-order valence-corrected chi connectivity index (χ2v) is 7.28. The van der Waals surface area contributed by atoms with E-state index in [2.05, 4.69) is 65.6 Å². The van der Waals surface area contributed by atoms with Crippen molar-refractivity contribution in [2.45, 2.75) is 32.7 Å². The molecule has 1 atom stereocenters. The lowest BCUT2D eigenvalue weighted by atomic mass is 10.1. The Bertz CT molecular complexity index is 870. The van der Waals surface area contributed by atoms with E-state index in [4.69, 9.17) is 9.15 Å². The summed E-state index contributed by atoms with van der Waals surface area (Å²) >= 11 is 0. The predicted molar refractivity (Wildman–Crippen MR) is 115 cm³/mol. The van der Waals surface area contributed by atoms with E-state index in [0.29, 0.717) is 19.7 Å². The number of hydrogen-bond donors (Lipinski definition) is 1. The van der Waals surface area contributed by atoms with E-state index in [9.17, 15) is 5.11 Å². The summed E-state index contributed by atoms with van der Waals surface area (Å²) in [5.74, 6) is 0.759. The van der Waals surface area contributed by atoms with Crippen LogP contribution in [0.1, 0.15) is 22.6 Å². The van der Waals surface area contributed by atoms with Gasteiger partial charge in [0.15, 0.2) is 0 Å². The van der Waals surface area contributed by atoms with Gasteiger partial charge in [-0.2, -0.15) is 0 Å². The molecule has 0 bridgehead atoms. The summed E-state index contributed by atoms with van der Waals surface area (Å²) in [6.45, 7) is 9.42. The molecule has 0 aliphatic carbocycles. The van der Waals surface area contributed by atoms with Gasteiger partial charge in [0.25, 0.3) is 0 Å². The molecule has 0 unspecified atom stereocenters. The molecular formula is C24H30N2O3. The highest BCUT2D eigenvalue weighted by Gasteiger charge is 2.14. The van der Waals surface area contributed by atoms with Crippen molar-refractivity contribution in [3.63, 3.8) is 0 Å². The molecule has 154 valence electrons. The second kappa shape index (κ2) is 10.8. The number of aliphatic hydroxyl groups excluding tert-OH is 1. The van der Waals surface area contributed by atoms with Crippen LogP contribution in [-0.4, -0.2) is 40.4 Å². The third-order valence-electron chi connectivity index (χ3n) is 4.90. The van der Waals surface area contributed by atoms with Gasteiger partial charge in [-0.25, -0.2) is 0 Å². The van der Waals surface area contributed by atoms with E-state index in [-0.39, 0.29) is 6.61 Å². The van der Waals surface area contributed by atoms with Gasteiger partial charge < -0.3 is 18.8 Å². The largest absolute Gasteiger partial charge is 0.467 e. The Morgan fingerprint density at radius 3 is 2.83 bits per heavy atom. The van der Waals surface area contributed by atoms with Gasteiger partial charge in [-0.1, -0.05) is 30.3 Å². The van der Waals surface area contributed by atoms with Gasteiger partial charge in [0, 0.05) is 38.1 Å². The van der Waals surface area contributed by atoms with Gasteiger partial charge >= 0.3 is 0 Å². The number of nitrogens with zero attached hydrogens (tertiary/aromatic N) is 2. The second-order valence-electron chi connectivity index (χ2n) is 7.28. The molecule has 2 heterocycles. The van der Waals surface area contributed by atoms with Gasteiger partial charge in [-0.3, -0.25) is 4.90 Å². The van der Waals surface area contributed by atoms with E-state index in [1.54, 1.807) is 6.26 Å². The fourth-order valence-electron chi connectivity index (χ4n) is 3.37. The van der Waals surface area contributed by atoms with E-state index < -0.39 is 6.10 Å². The lowest BCUT2D eigenvalue weighted by Crippen LogP contribution is -2.35. The molecule has 3 rings (SSSR count). The monoisotopic (exact) mass is 394 g/mol. The highest BCUT2D eigenvalue weighted by molar-refractivity contribution is 5.26. The Balaban J connectivity index is 1.55. The average molecular weight is 395 g/mol. The first-order valence-electron chi connectivity index (χ1n) is 9.95. The minimum Gasteiger partial charge on any atom is -0.467 e. The summed E-state index contributed by atoms with van der Waals surface area (Å²) in [5, 5.41) is 10.4. The van der Waals surface area contributed by atoms with Crippen LogP contribution in [-0.2, 0) is 24.4 Å². The summed E-state index contributed by atoms with van der Waals surface area (Å²) < 4.78 is 13.1. The van der Waals surface area contributed by atoms with E-state index in [0.717, 1.165) is 18.8 Å². The molecule has 0 spiro atoms. The molecule has 0 saturated heterocycles. The Morgan fingerprint density at radius 1 is 1.21 bits per heavy atom. The summed E-state index contributed by atoms with van der Waals surface area (Å²) in [7, 11) is 0. The zero-order chi connectivity index (χ0) is 20.5. The highest BCUT2D eigenvalue weighted by atomic mass is 16.5. The Morgan fingerprint density at radius 2 is 2.07 bits per heavy atom. The summed E-state index contributed by atoms with van der Waals surface area (Å²) in [6.07, 6.45) is 5.01. The van der Waals surface area contributed by atoms with Crippen LogP contribution in [0.15, 0.2) is 78.1 Å². The van der Waals surface area contributed by atoms with Gasteiger partial charge in [0.2, 0.25) is 0 Å². The Hall–Kier alpha value is -2.60. The molecule has 0 radical (unpaired) electrons. The Labute approximate surface area is 172 Å². The SMILES string of the molecule is C=CCN(Cc1cccn1Cc1ccccc1C)C[C@@H](O)COCc1ccco1. The molecular weight excluding hydrogens is 364 g/mol. The van der Waals surface area contributed by atoms with Crippen molar-refractivity contribution in [2.75, 3.05) is 19.7 Å². The quantitative estimate of drug-likeness (QED) is 0.472. The van der Waals surface area contributed by atoms with Crippen molar-refractivity contribution in [1.82, 2.24) is 9.47 Å². The van der Waals surface area contributed by atoms with Crippen LogP contribution < -0.4 is 0 Å². The number of rotatable bonds is 12. The van der Waals surface area contributed by atoms with Crippen molar-refractivity contribution in [1.29, 1.82) is 0 Å². The normalized spacial score (nSPS) is 12.4. The third-order valence-corrected chi connectivity index (χ3v) is 4.90. The maximum absolute atomic E-state index is 10.4. The molecule has 29 heavy (non-hydrogen) atoms. The molecule has 3 aromatic rings. The van der Waals surface area contributed by atoms with Crippen LogP contribution in [0, 0.1) is 6.92 Å². The van der Waals surface area contributed by atoms with Crippen molar-refractivity contribution in [2.24, 2.45) is 0 Å². The first kappa shape index (κ1) is 21.1. The summed E-state index contributed by atoms with van der Waals surface area (Å²) in [5.41, 5.74) is 3.81. The molecule has 5 heteroatoms. The summed E-state index contributed by atoms with van der Waals surface area (Å²) in [4.78, 5) is 2.18. The van der Waals surface area contributed by atoms with Gasteiger partial charge in [0.05, 0.1) is 19.0 Å². The number of ether oxygens (including phenoxy) is 1. The fourth-order valence-corrected chi connectivity index (χ4v) is 3.37. The van der Waals surface area contributed by atoms with Gasteiger partial charge in [0.1, 0.15) is 12.4 Å². The number of aliphatic hydroxyl groups is 1. The molecule has 2 aromatic heterocycles. The number of benzene rings is 1. The topological polar surface area (TPSA) is 50.8 Å². The van der Waals surface area contributed by atoms with Crippen LogP contribution in [0.4, 0.5) is 0 Å².